The second-order valence-corrected chi connectivity index (χ2v) is 8.36. The van der Waals surface area contributed by atoms with Crippen molar-refractivity contribution in [2.45, 2.75) is 46.5 Å². The number of carbonyl (C=O) groups excluding carboxylic acids is 2. The van der Waals surface area contributed by atoms with Crippen LogP contribution in [0.25, 0.3) is 0 Å². The highest BCUT2D eigenvalue weighted by Crippen LogP contribution is 2.38. The third-order valence-corrected chi connectivity index (χ3v) is 6.29. The first-order valence-electron chi connectivity index (χ1n) is 9.42. The monoisotopic (exact) mass is 416 g/mol. The van der Waals surface area contributed by atoms with Gasteiger partial charge in [-0.3, -0.25) is 10.1 Å². The van der Waals surface area contributed by atoms with Crippen LogP contribution < -0.4 is 10.6 Å². The number of rotatable bonds is 4. The molecule has 1 amide bonds. The molecule has 0 saturated carbocycles. The molecule has 7 heteroatoms. The first-order valence-corrected chi connectivity index (χ1v) is 10.6. The molecule has 0 bridgehead atoms. The molecule has 5 nitrogen and oxygen atoms in total. The average Bonchev–Trinajstić information content (AvgIpc) is 3.01. The number of fused-ring (bicyclic) bond motifs is 1. The number of esters is 1. The number of benzene rings is 1. The summed E-state index contributed by atoms with van der Waals surface area (Å²) in [6.07, 6.45) is 3.99. The van der Waals surface area contributed by atoms with Crippen LogP contribution in [0.4, 0.5) is 5.00 Å². The maximum atomic E-state index is 12.5. The molecule has 0 radical (unpaired) electrons. The van der Waals surface area contributed by atoms with Crippen LogP contribution in [0.2, 0.25) is 0 Å². The number of amides is 1. The second-order valence-electron chi connectivity index (χ2n) is 6.84. The Morgan fingerprint density at radius 3 is 2.64 bits per heavy atom. The summed E-state index contributed by atoms with van der Waals surface area (Å²) in [6, 6.07) is 5.52. The van der Waals surface area contributed by atoms with E-state index in [-0.39, 0.29) is 17.0 Å². The van der Waals surface area contributed by atoms with E-state index in [0.717, 1.165) is 42.4 Å². The highest BCUT2D eigenvalue weighted by Gasteiger charge is 2.27. The van der Waals surface area contributed by atoms with E-state index in [4.69, 9.17) is 17.0 Å². The van der Waals surface area contributed by atoms with Gasteiger partial charge in [0.05, 0.1) is 12.2 Å². The largest absolute Gasteiger partial charge is 0.462 e. The molecule has 0 spiro atoms. The van der Waals surface area contributed by atoms with E-state index in [1.54, 1.807) is 13.0 Å². The Kier molecular flexibility index (Phi) is 6.46. The molecule has 1 heterocycles. The van der Waals surface area contributed by atoms with Crippen LogP contribution in [-0.4, -0.2) is 23.6 Å². The van der Waals surface area contributed by atoms with Crippen LogP contribution in [-0.2, 0) is 17.6 Å². The number of carbonyl (C=O) groups is 2. The van der Waals surface area contributed by atoms with Crippen LogP contribution in [0.3, 0.4) is 0 Å². The molecular weight excluding hydrogens is 392 g/mol. The zero-order valence-corrected chi connectivity index (χ0v) is 17.9. The van der Waals surface area contributed by atoms with Gasteiger partial charge in [-0.15, -0.1) is 11.3 Å². The SMILES string of the molecule is CCOC(=O)c1c(NC(=S)NC(=O)c2ccc(C)c(C)c2)sc2c1CCCC2. The Morgan fingerprint density at radius 2 is 1.93 bits per heavy atom. The number of aryl methyl sites for hydroxylation is 3. The minimum Gasteiger partial charge on any atom is -0.462 e. The molecule has 3 rings (SSSR count). The molecule has 28 heavy (non-hydrogen) atoms. The summed E-state index contributed by atoms with van der Waals surface area (Å²) in [5, 5.41) is 6.58. The molecule has 0 aliphatic heterocycles. The van der Waals surface area contributed by atoms with Gasteiger partial charge >= 0.3 is 5.97 Å². The summed E-state index contributed by atoms with van der Waals surface area (Å²) in [7, 11) is 0. The molecular formula is C21H24N2O3S2. The highest BCUT2D eigenvalue weighted by atomic mass is 32.1. The average molecular weight is 417 g/mol. The third kappa shape index (κ3) is 4.42. The minimum absolute atomic E-state index is 0.173. The van der Waals surface area contributed by atoms with E-state index in [0.29, 0.717) is 22.7 Å². The smallest absolute Gasteiger partial charge is 0.341 e. The fourth-order valence-electron chi connectivity index (χ4n) is 3.27. The van der Waals surface area contributed by atoms with Gasteiger partial charge in [0.1, 0.15) is 5.00 Å². The van der Waals surface area contributed by atoms with Crippen molar-refractivity contribution < 1.29 is 14.3 Å². The second kappa shape index (κ2) is 8.84. The molecule has 0 saturated heterocycles. The van der Waals surface area contributed by atoms with E-state index >= 15 is 0 Å². The quantitative estimate of drug-likeness (QED) is 0.565. The van der Waals surface area contributed by atoms with Crippen molar-refractivity contribution in [3.8, 4) is 0 Å². The van der Waals surface area contributed by atoms with Crippen LogP contribution in [0, 0.1) is 13.8 Å². The summed E-state index contributed by atoms with van der Waals surface area (Å²) in [5.74, 6) is -0.618. The van der Waals surface area contributed by atoms with Crippen molar-refractivity contribution in [2.24, 2.45) is 0 Å². The molecule has 2 aromatic rings. The Hall–Kier alpha value is -2.25. The minimum atomic E-state index is -0.340. The van der Waals surface area contributed by atoms with Gasteiger partial charge in [0.25, 0.3) is 5.91 Å². The molecule has 1 aromatic carbocycles. The fourth-order valence-corrected chi connectivity index (χ4v) is 4.81. The molecule has 2 N–H and O–H groups in total. The van der Waals surface area contributed by atoms with E-state index in [9.17, 15) is 9.59 Å². The summed E-state index contributed by atoms with van der Waals surface area (Å²) in [5.41, 5.74) is 4.33. The lowest BCUT2D eigenvalue weighted by molar-refractivity contribution is 0.0526. The highest BCUT2D eigenvalue weighted by molar-refractivity contribution is 7.80. The Balaban J connectivity index is 1.78. The van der Waals surface area contributed by atoms with Crippen molar-refractivity contribution in [1.82, 2.24) is 5.32 Å². The summed E-state index contributed by atoms with van der Waals surface area (Å²) in [4.78, 5) is 26.2. The van der Waals surface area contributed by atoms with Crippen molar-refractivity contribution >= 4 is 45.5 Å². The normalized spacial score (nSPS) is 12.8. The van der Waals surface area contributed by atoms with Crippen LogP contribution >= 0.6 is 23.6 Å². The Bertz CT molecular complexity index is 934. The molecule has 1 aromatic heterocycles. The number of thiocarbonyl (C=S) groups is 1. The maximum absolute atomic E-state index is 12.5. The molecule has 1 aliphatic carbocycles. The fraction of sp³-hybridized carbons (Fsp3) is 0.381. The first-order chi connectivity index (χ1) is 13.4. The zero-order valence-electron chi connectivity index (χ0n) is 16.3. The predicted molar refractivity (Wildman–Crippen MR) is 117 cm³/mol. The molecule has 1 aliphatic rings. The molecule has 0 atom stereocenters. The molecule has 0 unspecified atom stereocenters. The van der Waals surface area contributed by atoms with E-state index in [1.165, 1.54) is 16.2 Å². The Morgan fingerprint density at radius 1 is 1.18 bits per heavy atom. The first kappa shape index (κ1) is 20.5. The van der Waals surface area contributed by atoms with Crippen molar-refractivity contribution in [1.29, 1.82) is 0 Å². The number of hydrogen-bond donors (Lipinski definition) is 2. The van der Waals surface area contributed by atoms with Crippen molar-refractivity contribution in [3.05, 3.63) is 50.9 Å². The number of thiophene rings is 1. The van der Waals surface area contributed by atoms with E-state index in [2.05, 4.69) is 10.6 Å². The van der Waals surface area contributed by atoms with Gasteiger partial charge in [0.2, 0.25) is 0 Å². The lowest BCUT2D eigenvalue weighted by Gasteiger charge is -2.13. The maximum Gasteiger partial charge on any atom is 0.341 e. The molecule has 148 valence electrons. The third-order valence-electron chi connectivity index (χ3n) is 4.87. The van der Waals surface area contributed by atoms with Gasteiger partial charge in [-0.1, -0.05) is 6.07 Å². The van der Waals surface area contributed by atoms with Gasteiger partial charge in [0, 0.05) is 10.4 Å². The van der Waals surface area contributed by atoms with Gasteiger partial charge in [-0.05, 0) is 87.5 Å². The topological polar surface area (TPSA) is 67.4 Å². The van der Waals surface area contributed by atoms with Crippen molar-refractivity contribution in [3.63, 3.8) is 0 Å². The van der Waals surface area contributed by atoms with Gasteiger partial charge in [-0.2, -0.15) is 0 Å². The zero-order chi connectivity index (χ0) is 20.3. The van der Waals surface area contributed by atoms with E-state index in [1.807, 2.05) is 26.0 Å². The number of hydrogen-bond acceptors (Lipinski definition) is 5. The standard InChI is InChI=1S/C21H24N2O3S2/c1-4-26-20(25)17-15-7-5-6-8-16(15)28-19(17)23-21(27)22-18(24)14-10-9-12(2)13(3)11-14/h9-11H,4-8H2,1-3H3,(H2,22,23,24,27). The molecule has 0 fully saturated rings. The van der Waals surface area contributed by atoms with E-state index < -0.39 is 0 Å². The summed E-state index contributed by atoms with van der Waals surface area (Å²) < 4.78 is 5.25. The van der Waals surface area contributed by atoms with Crippen LogP contribution in [0.1, 0.15) is 62.0 Å². The number of nitrogens with one attached hydrogen (secondary N) is 2. The lowest BCUT2D eigenvalue weighted by atomic mass is 9.95. The Labute approximate surface area is 174 Å². The lowest BCUT2D eigenvalue weighted by Crippen LogP contribution is -2.34. The summed E-state index contributed by atoms with van der Waals surface area (Å²) in [6.45, 7) is 6.07. The number of anilines is 1. The summed E-state index contributed by atoms with van der Waals surface area (Å²) >= 11 is 6.85. The van der Waals surface area contributed by atoms with Gasteiger partial charge in [0.15, 0.2) is 5.11 Å². The van der Waals surface area contributed by atoms with Gasteiger partial charge < -0.3 is 10.1 Å². The van der Waals surface area contributed by atoms with Gasteiger partial charge in [-0.25, -0.2) is 4.79 Å². The van der Waals surface area contributed by atoms with Crippen LogP contribution in [0.5, 0.6) is 0 Å². The number of ether oxygens (including phenoxy) is 1. The van der Waals surface area contributed by atoms with Crippen molar-refractivity contribution in [2.75, 3.05) is 11.9 Å². The van der Waals surface area contributed by atoms with Crippen LogP contribution in [0.15, 0.2) is 18.2 Å². The predicted octanol–water partition coefficient (Wildman–Crippen LogP) is 4.55.